The number of nitrogens with zero attached hydrogens (tertiary/aromatic N) is 4. The van der Waals surface area contributed by atoms with Crippen molar-refractivity contribution >= 4 is 15.9 Å². The SMILES string of the molecule is CON(C)C(=O)C1CCN(S(=O)(=O)c2cn(C)c(C)n2)CC1. The van der Waals surface area contributed by atoms with E-state index >= 15 is 0 Å². The van der Waals surface area contributed by atoms with E-state index < -0.39 is 10.0 Å². The van der Waals surface area contributed by atoms with Gasteiger partial charge in [0.2, 0.25) is 5.91 Å². The van der Waals surface area contributed by atoms with E-state index in [-0.39, 0.29) is 16.9 Å². The van der Waals surface area contributed by atoms with E-state index in [1.807, 2.05) is 0 Å². The molecule has 0 atom stereocenters. The van der Waals surface area contributed by atoms with Gasteiger partial charge in [-0.1, -0.05) is 0 Å². The molecule has 0 N–H and O–H groups in total. The zero-order valence-electron chi connectivity index (χ0n) is 13.3. The maximum absolute atomic E-state index is 12.5. The summed E-state index contributed by atoms with van der Waals surface area (Å²) in [5.41, 5.74) is 0. The van der Waals surface area contributed by atoms with Crippen molar-refractivity contribution in [3.8, 4) is 0 Å². The molecule has 0 radical (unpaired) electrons. The zero-order valence-corrected chi connectivity index (χ0v) is 14.1. The van der Waals surface area contributed by atoms with Gasteiger partial charge in [0.05, 0.1) is 7.11 Å². The molecule has 1 aliphatic heterocycles. The van der Waals surface area contributed by atoms with Crippen LogP contribution in [0.5, 0.6) is 0 Å². The summed E-state index contributed by atoms with van der Waals surface area (Å²) in [6.07, 6.45) is 2.48. The summed E-state index contributed by atoms with van der Waals surface area (Å²) in [4.78, 5) is 21.0. The van der Waals surface area contributed by atoms with Gasteiger partial charge in [-0.15, -0.1) is 0 Å². The van der Waals surface area contributed by atoms with Crippen molar-refractivity contribution in [2.24, 2.45) is 13.0 Å². The third-order valence-corrected chi connectivity index (χ3v) is 5.85. The van der Waals surface area contributed by atoms with Crippen molar-refractivity contribution in [2.75, 3.05) is 27.2 Å². The Labute approximate surface area is 130 Å². The molecule has 0 aromatic carbocycles. The summed E-state index contributed by atoms with van der Waals surface area (Å²) in [5, 5.41) is 1.25. The summed E-state index contributed by atoms with van der Waals surface area (Å²) in [5.74, 6) is 0.320. The average molecular weight is 330 g/mol. The van der Waals surface area contributed by atoms with Crippen molar-refractivity contribution in [3.05, 3.63) is 12.0 Å². The zero-order chi connectivity index (χ0) is 16.5. The molecular weight excluding hydrogens is 308 g/mol. The molecule has 8 nitrogen and oxygen atoms in total. The topological polar surface area (TPSA) is 84.7 Å². The first-order valence-corrected chi connectivity index (χ1v) is 8.53. The maximum Gasteiger partial charge on any atom is 0.262 e. The number of aryl methyl sites for hydroxylation is 2. The van der Waals surface area contributed by atoms with Gasteiger partial charge >= 0.3 is 0 Å². The third-order valence-electron chi connectivity index (χ3n) is 4.08. The molecule has 0 unspecified atom stereocenters. The first kappa shape index (κ1) is 16.9. The fourth-order valence-corrected chi connectivity index (χ4v) is 3.97. The number of aromatic nitrogens is 2. The predicted molar refractivity (Wildman–Crippen MR) is 79.2 cm³/mol. The highest BCUT2D eigenvalue weighted by Gasteiger charge is 2.34. The molecule has 22 heavy (non-hydrogen) atoms. The van der Waals surface area contributed by atoms with E-state index in [1.54, 1.807) is 25.6 Å². The van der Waals surface area contributed by atoms with Crippen LogP contribution in [-0.4, -0.2) is 60.5 Å². The van der Waals surface area contributed by atoms with Crippen LogP contribution in [0, 0.1) is 12.8 Å². The second kappa shape index (κ2) is 6.35. The van der Waals surface area contributed by atoms with Gasteiger partial charge in [0.25, 0.3) is 10.0 Å². The van der Waals surface area contributed by atoms with Gasteiger partial charge in [0.15, 0.2) is 5.03 Å². The molecule has 0 saturated carbocycles. The van der Waals surface area contributed by atoms with Crippen molar-refractivity contribution in [1.29, 1.82) is 0 Å². The highest BCUT2D eigenvalue weighted by atomic mass is 32.2. The Hall–Kier alpha value is -1.45. The molecule has 0 bridgehead atoms. The lowest BCUT2D eigenvalue weighted by molar-refractivity contribution is -0.174. The van der Waals surface area contributed by atoms with E-state index in [1.165, 1.54) is 22.7 Å². The minimum Gasteiger partial charge on any atom is -0.337 e. The third kappa shape index (κ3) is 3.16. The van der Waals surface area contributed by atoms with Crippen molar-refractivity contribution in [1.82, 2.24) is 18.9 Å². The fourth-order valence-electron chi connectivity index (χ4n) is 2.47. The number of hydrogen-bond acceptors (Lipinski definition) is 5. The van der Waals surface area contributed by atoms with Crippen LogP contribution in [0.15, 0.2) is 11.2 Å². The van der Waals surface area contributed by atoms with Crippen molar-refractivity contribution in [3.63, 3.8) is 0 Å². The molecule has 0 aliphatic carbocycles. The summed E-state index contributed by atoms with van der Waals surface area (Å²) in [6.45, 7) is 2.38. The summed E-state index contributed by atoms with van der Waals surface area (Å²) in [6, 6.07) is 0. The summed E-state index contributed by atoms with van der Waals surface area (Å²) in [7, 11) is 1.15. The van der Waals surface area contributed by atoms with Crippen LogP contribution in [0.2, 0.25) is 0 Å². The van der Waals surface area contributed by atoms with Gasteiger partial charge in [-0.05, 0) is 19.8 Å². The van der Waals surface area contributed by atoms with Crippen LogP contribution in [0.3, 0.4) is 0 Å². The smallest absolute Gasteiger partial charge is 0.262 e. The van der Waals surface area contributed by atoms with E-state index in [4.69, 9.17) is 4.84 Å². The molecule has 1 fully saturated rings. The first-order chi connectivity index (χ1) is 10.3. The first-order valence-electron chi connectivity index (χ1n) is 7.09. The van der Waals surface area contributed by atoms with Crippen LogP contribution >= 0.6 is 0 Å². The normalized spacial score (nSPS) is 17.6. The Balaban J connectivity index is 2.06. The Kier molecular flexibility index (Phi) is 4.88. The number of hydroxylamine groups is 2. The molecule has 9 heteroatoms. The van der Waals surface area contributed by atoms with E-state index in [0.29, 0.717) is 31.8 Å². The Morgan fingerprint density at radius 1 is 1.41 bits per heavy atom. The molecule has 1 aromatic rings. The van der Waals surface area contributed by atoms with Gasteiger partial charge in [-0.3, -0.25) is 9.63 Å². The van der Waals surface area contributed by atoms with Crippen LogP contribution in [0.25, 0.3) is 0 Å². The van der Waals surface area contributed by atoms with E-state index in [2.05, 4.69) is 4.98 Å². The fraction of sp³-hybridized carbons (Fsp3) is 0.692. The summed E-state index contributed by atoms with van der Waals surface area (Å²) >= 11 is 0. The van der Waals surface area contributed by atoms with Crippen LogP contribution in [-0.2, 0) is 26.7 Å². The molecule has 0 spiro atoms. The number of sulfonamides is 1. The lowest BCUT2D eigenvalue weighted by Crippen LogP contribution is -2.43. The Morgan fingerprint density at radius 3 is 2.45 bits per heavy atom. The molecule has 2 heterocycles. The minimum absolute atomic E-state index is 0.0614. The monoisotopic (exact) mass is 330 g/mol. The van der Waals surface area contributed by atoms with Gasteiger partial charge in [-0.25, -0.2) is 18.5 Å². The van der Waals surface area contributed by atoms with Crippen LogP contribution in [0.1, 0.15) is 18.7 Å². The predicted octanol–water partition coefficient (Wildman–Crippen LogP) is 0.149. The molecule has 2 rings (SSSR count). The largest absolute Gasteiger partial charge is 0.337 e. The average Bonchev–Trinajstić information content (AvgIpc) is 2.86. The Bertz CT molecular complexity index is 627. The van der Waals surface area contributed by atoms with Gasteiger partial charge in [0, 0.05) is 39.3 Å². The van der Waals surface area contributed by atoms with Crippen LogP contribution < -0.4 is 0 Å². The summed E-state index contributed by atoms with van der Waals surface area (Å²) < 4.78 is 28.2. The lowest BCUT2D eigenvalue weighted by Gasteiger charge is -2.31. The standard InChI is InChI=1S/C13H22N4O4S/c1-10-14-12(9-15(10)2)22(19,20)17-7-5-11(6-8-17)13(18)16(3)21-4/h9,11H,5-8H2,1-4H3. The lowest BCUT2D eigenvalue weighted by atomic mass is 9.97. The van der Waals surface area contributed by atoms with Gasteiger partial charge in [0.1, 0.15) is 5.82 Å². The van der Waals surface area contributed by atoms with Crippen molar-refractivity contribution < 1.29 is 18.0 Å². The van der Waals surface area contributed by atoms with Gasteiger partial charge < -0.3 is 4.57 Å². The number of carbonyl (C=O) groups excluding carboxylic acids is 1. The van der Waals surface area contributed by atoms with E-state index in [0.717, 1.165) is 0 Å². The maximum atomic E-state index is 12.5. The highest BCUT2D eigenvalue weighted by molar-refractivity contribution is 7.89. The second-order valence-electron chi connectivity index (χ2n) is 5.43. The minimum atomic E-state index is -3.59. The molecule has 1 aliphatic rings. The number of amides is 1. The van der Waals surface area contributed by atoms with Crippen molar-refractivity contribution in [2.45, 2.75) is 24.8 Å². The molecule has 124 valence electrons. The molecule has 1 amide bonds. The number of imidazole rings is 1. The van der Waals surface area contributed by atoms with Crippen LogP contribution in [0.4, 0.5) is 0 Å². The Morgan fingerprint density at radius 2 is 2.00 bits per heavy atom. The number of carbonyl (C=O) groups is 1. The van der Waals surface area contributed by atoms with E-state index in [9.17, 15) is 13.2 Å². The molecule has 1 aromatic heterocycles. The highest BCUT2D eigenvalue weighted by Crippen LogP contribution is 2.24. The molecular formula is C13H22N4O4S. The molecule has 1 saturated heterocycles. The number of piperidine rings is 1. The quantitative estimate of drug-likeness (QED) is 0.734. The number of hydrogen-bond donors (Lipinski definition) is 0. The number of rotatable bonds is 4. The second-order valence-corrected chi connectivity index (χ2v) is 7.32. The van der Waals surface area contributed by atoms with Gasteiger partial charge in [-0.2, -0.15) is 4.31 Å².